The summed E-state index contributed by atoms with van der Waals surface area (Å²) < 4.78 is 61.5. The summed E-state index contributed by atoms with van der Waals surface area (Å²) in [5, 5.41) is 6.91. The van der Waals surface area contributed by atoms with E-state index in [4.69, 9.17) is 11.6 Å². The number of sulfone groups is 1. The number of aromatic nitrogens is 4. The summed E-state index contributed by atoms with van der Waals surface area (Å²) in [6.45, 7) is 0. The Morgan fingerprint density at radius 2 is 1.83 bits per heavy atom. The molecule has 1 aromatic carbocycles. The number of fused-ring (bicyclic) bond motifs is 1. The maximum Gasteiger partial charge on any atom is 0.501 e. The monoisotopic (exact) mass is 377 g/mol. The quantitative estimate of drug-likeness (QED) is 0.706. The third-order valence-corrected chi connectivity index (χ3v) is 4.66. The van der Waals surface area contributed by atoms with Gasteiger partial charge in [-0.25, -0.2) is 8.42 Å². The predicted molar refractivity (Wildman–Crippen MR) is 78.8 cm³/mol. The van der Waals surface area contributed by atoms with Gasteiger partial charge in [-0.3, -0.25) is 0 Å². The first-order valence-electron chi connectivity index (χ1n) is 6.23. The average molecular weight is 378 g/mol. The molecule has 0 atom stereocenters. The van der Waals surface area contributed by atoms with Gasteiger partial charge >= 0.3 is 5.51 Å². The maximum absolute atomic E-state index is 12.5. The van der Waals surface area contributed by atoms with E-state index in [-0.39, 0.29) is 10.9 Å². The van der Waals surface area contributed by atoms with E-state index < -0.39 is 20.2 Å². The molecule has 2 aromatic heterocycles. The van der Waals surface area contributed by atoms with Crippen LogP contribution < -0.4 is 5.32 Å². The summed E-state index contributed by atoms with van der Waals surface area (Å²) in [4.78, 5) is 6.94. The van der Waals surface area contributed by atoms with Crippen LogP contribution in [0, 0.1) is 0 Å². The second-order valence-electron chi connectivity index (χ2n) is 4.53. The highest BCUT2D eigenvalue weighted by Gasteiger charge is 2.46. The highest BCUT2D eigenvalue weighted by atomic mass is 35.5. The van der Waals surface area contributed by atoms with Gasteiger partial charge in [-0.05, 0) is 24.3 Å². The van der Waals surface area contributed by atoms with Gasteiger partial charge in [0.05, 0.1) is 4.90 Å². The molecule has 0 aliphatic rings. The van der Waals surface area contributed by atoms with Crippen molar-refractivity contribution < 1.29 is 21.6 Å². The summed E-state index contributed by atoms with van der Waals surface area (Å²) in [6.07, 6.45) is 1.25. The van der Waals surface area contributed by atoms with Gasteiger partial charge in [0.2, 0.25) is 0 Å². The van der Waals surface area contributed by atoms with Crippen molar-refractivity contribution in [2.45, 2.75) is 10.4 Å². The summed E-state index contributed by atoms with van der Waals surface area (Å²) in [7, 11) is -5.38. The van der Waals surface area contributed by atoms with E-state index in [1.54, 1.807) is 0 Å². The fourth-order valence-electron chi connectivity index (χ4n) is 1.87. The van der Waals surface area contributed by atoms with Gasteiger partial charge in [-0.15, -0.1) is 0 Å². The first kappa shape index (κ1) is 16.5. The number of hydrogen-bond donors (Lipinski definition) is 1. The number of nitrogens with zero attached hydrogens (tertiary/aromatic N) is 4. The molecule has 126 valence electrons. The van der Waals surface area contributed by atoms with Crippen LogP contribution in [-0.2, 0) is 9.84 Å². The van der Waals surface area contributed by atoms with E-state index in [2.05, 4.69) is 20.4 Å². The molecule has 3 rings (SSSR count). The Labute approximate surface area is 138 Å². The number of benzene rings is 1. The third-order valence-electron chi connectivity index (χ3n) is 2.96. The van der Waals surface area contributed by atoms with E-state index in [1.165, 1.54) is 29.0 Å². The highest BCUT2D eigenvalue weighted by Crippen LogP contribution is 2.31. The zero-order chi connectivity index (χ0) is 17.5. The third kappa shape index (κ3) is 2.87. The van der Waals surface area contributed by atoms with Crippen LogP contribution in [0.25, 0.3) is 5.78 Å². The molecule has 2 heterocycles. The Kier molecular flexibility index (Phi) is 3.84. The van der Waals surface area contributed by atoms with Crippen molar-refractivity contribution in [1.82, 2.24) is 19.6 Å². The molecule has 0 radical (unpaired) electrons. The molecule has 12 heteroatoms. The number of alkyl halides is 3. The number of anilines is 2. The zero-order valence-corrected chi connectivity index (χ0v) is 13.1. The van der Waals surface area contributed by atoms with Crippen LogP contribution in [0.15, 0.2) is 41.6 Å². The molecule has 0 unspecified atom stereocenters. The number of nitrogens with one attached hydrogen (secondary N) is 1. The molecule has 1 N–H and O–H groups in total. The van der Waals surface area contributed by atoms with Crippen LogP contribution in [0.3, 0.4) is 0 Å². The predicted octanol–water partition coefficient (Wildman–Crippen LogP) is 2.81. The summed E-state index contributed by atoms with van der Waals surface area (Å²) in [5.74, 6) is 0.579. The van der Waals surface area contributed by atoms with Crippen LogP contribution >= 0.6 is 11.6 Å². The van der Waals surface area contributed by atoms with Gasteiger partial charge in [0.1, 0.15) is 17.3 Å². The lowest BCUT2D eigenvalue weighted by Crippen LogP contribution is -2.23. The first-order chi connectivity index (χ1) is 11.2. The molecule has 0 saturated heterocycles. The van der Waals surface area contributed by atoms with E-state index in [1.807, 2.05) is 0 Å². The molecule has 24 heavy (non-hydrogen) atoms. The minimum absolute atomic E-state index is 0.134. The molecule has 0 aliphatic heterocycles. The van der Waals surface area contributed by atoms with Crippen LogP contribution in [0.4, 0.5) is 24.7 Å². The normalized spacial score (nSPS) is 12.5. The van der Waals surface area contributed by atoms with Crippen molar-refractivity contribution in [2.75, 3.05) is 5.32 Å². The zero-order valence-electron chi connectivity index (χ0n) is 11.5. The molecule has 0 aliphatic carbocycles. The fourth-order valence-corrected chi connectivity index (χ4v) is 2.81. The van der Waals surface area contributed by atoms with E-state index in [0.29, 0.717) is 11.5 Å². The molecule has 7 nitrogen and oxygen atoms in total. The second-order valence-corrected chi connectivity index (χ2v) is 6.86. The summed E-state index contributed by atoms with van der Waals surface area (Å²) in [6, 6.07) is 5.52. The van der Waals surface area contributed by atoms with Gasteiger partial charge in [-0.2, -0.15) is 32.8 Å². The second kappa shape index (κ2) is 5.60. The summed E-state index contributed by atoms with van der Waals surface area (Å²) >= 11 is 5.85. The lowest BCUT2D eigenvalue weighted by molar-refractivity contribution is -0.0436. The molecular formula is C12H7ClF3N5O2S. The van der Waals surface area contributed by atoms with Crippen molar-refractivity contribution >= 4 is 38.7 Å². The van der Waals surface area contributed by atoms with Gasteiger partial charge in [0.25, 0.3) is 15.6 Å². The number of rotatable bonds is 3. The van der Waals surface area contributed by atoms with Gasteiger partial charge in [0, 0.05) is 11.8 Å². The Bertz CT molecular complexity index is 1000. The Balaban J connectivity index is 1.93. The van der Waals surface area contributed by atoms with Crippen molar-refractivity contribution in [1.29, 1.82) is 0 Å². The molecule has 0 saturated carbocycles. The van der Waals surface area contributed by atoms with Gasteiger partial charge in [-0.1, -0.05) is 11.6 Å². The number of halogens is 4. The van der Waals surface area contributed by atoms with E-state index >= 15 is 0 Å². The van der Waals surface area contributed by atoms with E-state index in [9.17, 15) is 21.6 Å². The summed E-state index contributed by atoms with van der Waals surface area (Å²) in [5.41, 5.74) is -5.02. The molecule has 3 aromatic rings. The maximum atomic E-state index is 12.5. The van der Waals surface area contributed by atoms with Gasteiger partial charge < -0.3 is 5.32 Å². The minimum Gasteiger partial charge on any atom is -0.340 e. The fraction of sp³-hybridized carbons (Fsp3) is 0.0833. The van der Waals surface area contributed by atoms with Gasteiger partial charge in [0.15, 0.2) is 0 Å². The van der Waals surface area contributed by atoms with Crippen LogP contribution in [0.1, 0.15) is 0 Å². The Hall–Kier alpha value is -2.40. The van der Waals surface area contributed by atoms with E-state index in [0.717, 1.165) is 12.1 Å². The number of hydrogen-bond acceptors (Lipinski definition) is 6. The van der Waals surface area contributed by atoms with Crippen LogP contribution in [0.2, 0.25) is 5.15 Å². The van der Waals surface area contributed by atoms with Crippen molar-refractivity contribution in [3.8, 4) is 0 Å². The Morgan fingerprint density at radius 3 is 2.46 bits per heavy atom. The minimum atomic E-state index is -5.38. The molecule has 0 bridgehead atoms. The largest absolute Gasteiger partial charge is 0.501 e. The van der Waals surface area contributed by atoms with Crippen LogP contribution in [-0.4, -0.2) is 33.5 Å². The Morgan fingerprint density at radius 1 is 1.17 bits per heavy atom. The first-order valence-corrected chi connectivity index (χ1v) is 8.09. The molecule has 0 spiro atoms. The molecule has 0 amide bonds. The SMILES string of the molecule is O=S(=O)(c1ccc(Nc2cc(Cl)nc3ncnn23)cc1)C(F)(F)F. The van der Waals surface area contributed by atoms with Crippen molar-refractivity contribution in [3.63, 3.8) is 0 Å². The molecule has 0 fully saturated rings. The average Bonchev–Trinajstić information content (AvgIpc) is 2.95. The van der Waals surface area contributed by atoms with Crippen molar-refractivity contribution in [3.05, 3.63) is 41.8 Å². The molecular weight excluding hydrogens is 371 g/mol. The lowest BCUT2D eigenvalue weighted by Gasteiger charge is -2.10. The van der Waals surface area contributed by atoms with Crippen LogP contribution in [0.5, 0.6) is 0 Å². The standard InChI is InChI=1S/C12H7ClF3N5O2S/c13-9-5-10(21-11(20-9)17-6-18-21)19-7-1-3-8(4-2-7)24(22,23)12(14,15)16/h1-6,19H. The smallest absolute Gasteiger partial charge is 0.340 e. The highest BCUT2D eigenvalue weighted by molar-refractivity contribution is 7.92. The van der Waals surface area contributed by atoms with Crippen molar-refractivity contribution in [2.24, 2.45) is 0 Å². The lowest BCUT2D eigenvalue weighted by atomic mass is 10.3. The topological polar surface area (TPSA) is 89.2 Å².